The third kappa shape index (κ3) is 3.98. The molecule has 1 unspecified atom stereocenters. The summed E-state index contributed by atoms with van der Waals surface area (Å²) in [6.07, 6.45) is 9.25. The standard InChI is InChI=1S/C15H29NO2/c1-3-10-15(12-16,14(17)18-4-2)11-9-13-7-5-6-8-13/h13H,3-12,16H2,1-2H3. The van der Waals surface area contributed by atoms with Gasteiger partial charge in [0.1, 0.15) is 0 Å². The van der Waals surface area contributed by atoms with Gasteiger partial charge in [-0.25, -0.2) is 0 Å². The Morgan fingerprint density at radius 2 is 1.94 bits per heavy atom. The molecular weight excluding hydrogens is 226 g/mol. The van der Waals surface area contributed by atoms with Crippen LogP contribution in [0.2, 0.25) is 0 Å². The minimum absolute atomic E-state index is 0.0765. The van der Waals surface area contributed by atoms with E-state index in [1.807, 2.05) is 6.92 Å². The number of carbonyl (C=O) groups excluding carboxylic acids is 1. The predicted octanol–water partition coefficient (Wildman–Crippen LogP) is 3.27. The summed E-state index contributed by atoms with van der Waals surface area (Å²) >= 11 is 0. The summed E-state index contributed by atoms with van der Waals surface area (Å²) in [7, 11) is 0. The number of ether oxygens (including phenoxy) is 1. The Morgan fingerprint density at radius 3 is 2.44 bits per heavy atom. The van der Waals surface area contributed by atoms with Gasteiger partial charge in [-0.2, -0.15) is 0 Å². The van der Waals surface area contributed by atoms with Crippen LogP contribution in [0.15, 0.2) is 0 Å². The van der Waals surface area contributed by atoms with Crippen molar-refractivity contribution in [2.24, 2.45) is 17.1 Å². The predicted molar refractivity (Wildman–Crippen MR) is 74.2 cm³/mol. The van der Waals surface area contributed by atoms with Crippen LogP contribution in [0.1, 0.15) is 65.2 Å². The number of hydrogen-bond acceptors (Lipinski definition) is 3. The highest BCUT2D eigenvalue weighted by atomic mass is 16.5. The first-order chi connectivity index (χ1) is 8.68. The van der Waals surface area contributed by atoms with Crippen LogP contribution in [0.3, 0.4) is 0 Å². The van der Waals surface area contributed by atoms with E-state index in [0.717, 1.165) is 31.6 Å². The molecule has 1 rings (SSSR count). The Morgan fingerprint density at radius 1 is 1.28 bits per heavy atom. The lowest BCUT2D eigenvalue weighted by atomic mass is 9.77. The van der Waals surface area contributed by atoms with E-state index in [1.54, 1.807) is 0 Å². The van der Waals surface area contributed by atoms with Gasteiger partial charge in [0.25, 0.3) is 0 Å². The number of carbonyl (C=O) groups is 1. The van der Waals surface area contributed by atoms with Gasteiger partial charge in [0.15, 0.2) is 0 Å². The molecule has 0 spiro atoms. The lowest BCUT2D eigenvalue weighted by Crippen LogP contribution is -2.40. The van der Waals surface area contributed by atoms with E-state index in [0.29, 0.717) is 13.2 Å². The maximum Gasteiger partial charge on any atom is 0.313 e. The van der Waals surface area contributed by atoms with E-state index >= 15 is 0 Å². The zero-order chi connectivity index (χ0) is 13.4. The van der Waals surface area contributed by atoms with Crippen molar-refractivity contribution >= 4 is 5.97 Å². The third-order valence-corrected chi connectivity index (χ3v) is 4.33. The van der Waals surface area contributed by atoms with Crippen LogP contribution in [0.4, 0.5) is 0 Å². The molecule has 0 aromatic rings. The minimum atomic E-state index is -0.423. The molecule has 1 saturated carbocycles. The zero-order valence-corrected chi connectivity index (χ0v) is 12.0. The monoisotopic (exact) mass is 255 g/mol. The van der Waals surface area contributed by atoms with Gasteiger partial charge in [-0.1, -0.05) is 39.0 Å². The van der Waals surface area contributed by atoms with Crippen LogP contribution < -0.4 is 5.73 Å². The Labute approximate surface area is 111 Å². The van der Waals surface area contributed by atoms with Gasteiger partial charge in [0.2, 0.25) is 0 Å². The van der Waals surface area contributed by atoms with E-state index in [9.17, 15) is 4.79 Å². The minimum Gasteiger partial charge on any atom is -0.466 e. The topological polar surface area (TPSA) is 52.3 Å². The number of esters is 1. The lowest BCUT2D eigenvalue weighted by molar-refractivity contribution is -0.156. The van der Waals surface area contributed by atoms with Gasteiger partial charge >= 0.3 is 5.97 Å². The number of rotatable bonds is 8. The summed E-state index contributed by atoms with van der Waals surface area (Å²) in [4.78, 5) is 12.2. The molecule has 0 bridgehead atoms. The molecular formula is C15H29NO2. The second-order valence-corrected chi connectivity index (χ2v) is 5.64. The summed E-state index contributed by atoms with van der Waals surface area (Å²) in [6.45, 7) is 4.85. The summed E-state index contributed by atoms with van der Waals surface area (Å²) in [6, 6.07) is 0. The van der Waals surface area contributed by atoms with E-state index < -0.39 is 5.41 Å². The Kier molecular flexibility index (Phi) is 6.69. The first-order valence-corrected chi connectivity index (χ1v) is 7.55. The highest BCUT2D eigenvalue weighted by Gasteiger charge is 2.38. The molecule has 0 heterocycles. The van der Waals surface area contributed by atoms with Crippen LogP contribution in [-0.2, 0) is 9.53 Å². The number of hydrogen-bond donors (Lipinski definition) is 1. The summed E-state index contributed by atoms with van der Waals surface area (Å²) in [5.74, 6) is 0.731. The molecule has 3 heteroatoms. The van der Waals surface area contributed by atoms with Gasteiger partial charge in [-0.05, 0) is 32.1 Å². The fourth-order valence-corrected chi connectivity index (χ4v) is 3.16. The summed E-state index contributed by atoms with van der Waals surface area (Å²) < 4.78 is 5.25. The van der Waals surface area contributed by atoms with Crippen molar-refractivity contribution in [1.82, 2.24) is 0 Å². The van der Waals surface area contributed by atoms with Gasteiger partial charge in [-0.3, -0.25) is 4.79 Å². The molecule has 1 fully saturated rings. The average Bonchev–Trinajstić information content (AvgIpc) is 2.88. The molecule has 2 N–H and O–H groups in total. The molecule has 1 atom stereocenters. The van der Waals surface area contributed by atoms with Crippen molar-refractivity contribution in [3.8, 4) is 0 Å². The zero-order valence-electron chi connectivity index (χ0n) is 12.0. The second kappa shape index (κ2) is 7.78. The van der Waals surface area contributed by atoms with Crippen LogP contribution >= 0.6 is 0 Å². The highest BCUT2D eigenvalue weighted by Crippen LogP contribution is 2.36. The smallest absolute Gasteiger partial charge is 0.313 e. The van der Waals surface area contributed by atoms with E-state index in [1.165, 1.54) is 25.7 Å². The molecule has 0 aromatic carbocycles. The van der Waals surface area contributed by atoms with E-state index in [-0.39, 0.29) is 5.97 Å². The SMILES string of the molecule is CCCC(CN)(CCC1CCCC1)C(=O)OCC. The first-order valence-electron chi connectivity index (χ1n) is 7.55. The van der Waals surface area contributed by atoms with Crippen molar-refractivity contribution in [3.63, 3.8) is 0 Å². The molecule has 18 heavy (non-hydrogen) atoms. The van der Waals surface area contributed by atoms with Crippen molar-refractivity contribution in [3.05, 3.63) is 0 Å². The lowest BCUT2D eigenvalue weighted by Gasteiger charge is -2.30. The van der Waals surface area contributed by atoms with E-state index in [4.69, 9.17) is 10.5 Å². The Bertz CT molecular complexity index is 249. The molecule has 3 nitrogen and oxygen atoms in total. The fourth-order valence-electron chi connectivity index (χ4n) is 3.16. The van der Waals surface area contributed by atoms with Crippen molar-refractivity contribution in [1.29, 1.82) is 0 Å². The fraction of sp³-hybridized carbons (Fsp3) is 0.933. The molecule has 1 aliphatic carbocycles. The first kappa shape index (κ1) is 15.5. The molecule has 0 aliphatic heterocycles. The summed E-state index contributed by atoms with van der Waals surface area (Å²) in [5, 5.41) is 0. The third-order valence-electron chi connectivity index (χ3n) is 4.33. The Hall–Kier alpha value is -0.570. The number of nitrogens with two attached hydrogens (primary N) is 1. The van der Waals surface area contributed by atoms with Crippen LogP contribution in [0, 0.1) is 11.3 Å². The normalized spacial score (nSPS) is 19.7. The van der Waals surface area contributed by atoms with E-state index in [2.05, 4.69) is 6.92 Å². The molecule has 0 amide bonds. The van der Waals surface area contributed by atoms with Gasteiger partial charge in [0.05, 0.1) is 12.0 Å². The Balaban J connectivity index is 2.59. The molecule has 106 valence electrons. The van der Waals surface area contributed by atoms with Gasteiger partial charge < -0.3 is 10.5 Å². The largest absolute Gasteiger partial charge is 0.466 e. The molecule has 1 aliphatic rings. The van der Waals surface area contributed by atoms with Crippen molar-refractivity contribution in [2.75, 3.05) is 13.2 Å². The van der Waals surface area contributed by atoms with Crippen LogP contribution in [-0.4, -0.2) is 19.1 Å². The van der Waals surface area contributed by atoms with Gasteiger partial charge in [0, 0.05) is 6.54 Å². The van der Waals surface area contributed by atoms with Crippen LogP contribution in [0.5, 0.6) is 0 Å². The average molecular weight is 255 g/mol. The quantitative estimate of drug-likeness (QED) is 0.677. The van der Waals surface area contributed by atoms with Crippen molar-refractivity contribution < 1.29 is 9.53 Å². The summed E-state index contributed by atoms with van der Waals surface area (Å²) in [5.41, 5.74) is 5.49. The molecule has 0 saturated heterocycles. The second-order valence-electron chi connectivity index (χ2n) is 5.64. The van der Waals surface area contributed by atoms with Crippen LogP contribution in [0.25, 0.3) is 0 Å². The molecule has 0 aromatic heterocycles. The maximum atomic E-state index is 12.2. The van der Waals surface area contributed by atoms with Crippen molar-refractivity contribution in [2.45, 2.75) is 65.2 Å². The molecule has 0 radical (unpaired) electrons. The maximum absolute atomic E-state index is 12.2. The highest BCUT2D eigenvalue weighted by molar-refractivity contribution is 5.77. The van der Waals surface area contributed by atoms with Gasteiger partial charge in [-0.15, -0.1) is 0 Å².